The van der Waals surface area contributed by atoms with Crippen LogP contribution in [0.3, 0.4) is 0 Å². The molecule has 2 unspecified atom stereocenters. The standard InChI is InChI=1S/C9H18N2O3S/c1-7(3-5-10)15(13,14)8-4-6-11(2)9(8)12/h7-8H,3-6,10H2,1-2H3. The van der Waals surface area contributed by atoms with E-state index in [0.29, 0.717) is 25.9 Å². The van der Waals surface area contributed by atoms with Gasteiger partial charge in [-0.2, -0.15) is 0 Å². The molecule has 0 aromatic rings. The monoisotopic (exact) mass is 234 g/mol. The van der Waals surface area contributed by atoms with Crippen molar-refractivity contribution in [2.45, 2.75) is 30.3 Å². The molecule has 0 aliphatic carbocycles. The van der Waals surface area contributed by atoms with E-state index in [9.17, 15) is 13.2 Å². The van der Waals surface area contributed by atoms with Gasteiger partial charge in [-0.05, 0) is 26.3 Å². The number of sulfone groups is 1. The third-order valence-electron chi connectivity index (χ3n) is 2.91. The molecule has 0 aromatic heterocycles. The van der Waals surface area contributed by atoms with Crippen molar-refractivity contribution >= 4 is 15.7 Å². The van der Waals surface area contributed by atoms with E-state index in [0.717, 1.165) is 0 Å². The van der Waals surface area contributed by atoms with Crippen LogP contribution in [-0.2, 0) is 14.6 Å². The van der Waals surface area contributed by atoms with Crippen molar-refractivity contribution in [3.05, 3.63) is 0 Å². The lowest BCUT2D eigenvalue weighted by molar-refractivity contribution is -0.126. The van der Waals surface area contributed by atoms with E-state index in [2.05, 4.69) is 0 Å². The Kier molecular flexibility index (Phi) is 3.72. The molecule has 1 heterocycles. The van der Waals surface area contributed by atoms with Crippen LogP contribution >= 0.6 is 0 Å². The fraction of sp³-hybridized carbons (Fsp3) is 0.889. The first kappa shape index (κ1) is 12.4. The number of amides is 1. The highest BCUT2D eigenvalue weighted by atomic mass is 32.2. The summed E-state index contributed by atoms with van der Waals surface area (Å²) in [7, 11) is -1.72. The summed E-state index contributed by atoms with van der Waals surface area (Å²) in [5.74, 6) is -0.279. The van der Waals surface area contributed by atoms with Crippen molar-refractivity contribution in [1.82, 2.24) is 4.90 Å². The van der Waals surface area contributed by atoms with E-state index in [-0.39, 0.29) is 5.91 Å². The molecule has 1 amide bonds. The number of likely N-dealkylation sites (tertiary alicyclic amines) is 1. The lowest BCUT2D eigenvalue weighted by Crippen LogP contribution is -2.37. The van der Waals surface area contributed by atoms with E-state index >= 15 is 0 Å². The molecule has 0 spiro atoms. The van der Waals surface area contributed by atoms with Gasteiger partial charge in [0.25, 0.3) is 0 Å². The average Bonchev–Trinajstić information content (AvgIpc) is 2.48. The summed E-state index contributed by atoms with van der Waals surface area (Å²) in [5.41, 5.74) is 5.33. The van der Waals surface area contributed by atoms with Gasteiger partial charge in [0, 0.05) is 13.6 Å². The quantitative estimate of drug-likeness (QED) is 0.702. The molecule has 5 nitrogen and oxygen atoms in total. The number of nitrogens with zero attached hydrogens (tertiary/aromatic N) is 1. The zero-order valence-electron chi connectivity index (χ0n) is 9.14. The van der Waals surface area contributed by atoms with Crippen LogP contribution in [0.25, 0.3) is 0 Å². The van der Waals surface area contributed by atoms with E-state index in [1.54, 1.807) is 14.0 Å². The van der Waals surface area contributed by atoms with Crippen molar-refractivity contribution in [3.8, 4) is 0 Å². The topological polar surface area (TPSA) is 80.5 Å². The minimum Gasteiger partial charge on any atom is -0.345 e. The van der Waals surface area contributed by atoms with Crippen molar-refractivity contribution < 1.29 is 13.2 Å². The van der Waals surface area contributed by atoms with Gasteiger partial charge in [0.05, 0.1) is 5.25 Å². The van der Waals surface area contributed by atoms with Crippen LogP contribution in [0.1, 0.15) is 19.8 Å². The first-order valence-corrected chi connectivity index (χ1v) is 6.70. The lowest BCUT2D eigenvalue weighted by Gasteiger charge is -2.16. The SMILES string of the molecule is CC(CCN)S(=O)(=O)C1CCN(C)C1=O. The number of hydrogen-bond acceptors (Lipinski definition) is 4. The largest absolute Gasteiger partial charge is 0.345 e. The number of carbonyl (C=O) groups excluding carboxylic acids is 1. The first-order valence-electron chi connectivity index (χ1n) is 5.09. The van der Waals surface area contributed by atoms with Gasteiger partial charge in [0.1, 0.15) is 5.25 Å². The van der Waals surface area contributed by atoms with Gasteiger partial charge in [-0.15, -0.1) is 0 Å². The molecule has 0 saturated carbocycles. The maximum atomic E-state index is 12.0. The molecule has 15 heavy (non-hydrogen) atoms. The Morgan fingerprint density at radius 2 is 2.20 bits per heavy atom. The minimum absolute atomic E-state index is 0.279. The Morgan fingerprint density at radius 3 is 2.60 bits per heavy atom. The van der Waals surface area contributed by atoms with Gasteiger partial charge in [-0.3, -0.25) is 4.79 Å². The Balaban J connectivity index is 2.83. The molecular formula is C9H18N2O3S. The van der Waals surface area contributed by atoms with Crippen molar-refractivity contribution in [1.29, 1.82) is 0 Å². The van der Waals surface area contributed by atoms with Gasteiger partial charge in [-0.25, -0.2) is 8.42 Å². The third-order valence-corrected chi connectivity index (χ3v) is 5.50. The molecule has 1 saturated heterocycles. The summed E-state index contributed by atoms with van der Waals surface area (Å²) in [6.07, 6.45) is 0.822. The Morgan fingerprint density at radius 1 is 1.60 bits per heavy atom. The summed E-state index contributed by atoms with van der Waals surface area (Å²) >= 11 is 0. The molecule has 1 aliphatic heterocycles. The van der Waals surface area contributed by atoms with Gasteiger partial charge < -0.3 is 10.6 Å². The van der Waals surface area contributed by atoms with Gasteiger partial charge in [-0.1, -0.05) is 0 Å². The smallest absolute Gasteiger partial charge is 0.240 e. The zero-order chi connectivity index (χ0) is 11.6. The Hall–Kier alpha value is -0.620. The van der Waals surface area contributed by atoms with Crippen LogP contribution in [0.2, 0.25) is 0 Å². The van der Waals surface area contributed by atoms with Crippen molar-refractivity contribution in [2.24, 2.45) is 5.73 Å². The highest BCUT2D eigenvalue weighted by Crippen LogP contribution is 2.22. The van der Waals surface area contributed by atoms with Gasteiger partial charge in [0.15, 0.2) is 9.84 Å². The summed E-state index contributed by atoms with van der Waals surface area (Å²) in [5, 5.41) is -1.37. The predicted octanol–water partition coefficient (Wildman–Crippen LogP) is -0.631. The van der Waals surface area contributed by atoms with Crippen molar-refractivity contribution in [2.75, 3.05) is 20.1 Å². The molecule has 6 heteroatoms. The van der Waals surface area contributed by atoms with E-state index in [1.807, 2.05) is 0 Å². The molecule has 0 aromatic carbocycles. The van der Waals surface area contributed by atoms with Crippen LogP contribution in [0.5, 0.6) is 0 Å². The number of hydrogen-bond donors (Lipinski definition) is 1. The predicted molar refractivity (Wildman–Crippen MR) is 58.1 cm³/mol. The summed E-state index contributed by atoms with van der Waals surface area (Å²) in [6.45, 7) is 2.48. The fourth-order valence-corrected chi connectivity index (χ4v) is 3.69. The average molecular weight is 234 g/mol. The third kappa shape index (κ3) is 2.31. The highest BCUT2D eigenvalue weighted by Gasteiger charge is 2.41. The molecule has 1 fully saturated rings. The molecule has 0 radical (unpaired) electrons. The Bertz CT molecular complexity index is 339. The molecule has 0 bridgehead atoms. The van der Waals surface area contributed by atoms with Crippen LogP contribution in [-0.4, -0.2) is 49.9 Å². The summed E-state index contributed by atoms with van der Waals surface area (Å²) < 4.78 is 24.0. The van der Waals surface area contributed by atoms with Crippen LogP contribution in [0, 0.1) is 0 Å². The van der Waals surface area contributed by atoms with Crippen molar-refractivity contribution in [3.63, 3.8) is 0 Å². The second-order valence-corrected chi connectivity index (χ2v) is 6.57. The Labute approximate surface area is 90.5 Å². The maximum absolute atomic E-state index is 12.0. The maximum Gasteiger partial charge on any atom is 0.240 e. The first-order chi connectivity index (χ1) is 6.91. The van der Waals surface area contributed by atoms with Crippen LogP contribution < -0.4 is 5.73 Å². The van der Waals surface area contributed by atoms with E-state index < -0.39 is 20.3 Å². The minimum atomic E-state index is -3.35. The second kappa shape index (κ2) is 4.49. The molecule has 88 valence electrons. The van der Waals surface area contributed by atoms with Crippen LogP contribution in [0.15, 0.2) is 0 Å². The normalized spacial score (nSPS) is 24.6. The molecule has 2 atom stereocenters. The summed E-state index contributed by atoms with van der Waals surface area (Å²) in [4.78, 5) is 13.0. The lowest BCUT2D eigenvalue weighted by atomic mass is 10.3. The fourth-order valence-electron chi connectivity index (χ4n) is 1.77. The van der Waals surface area contributed by atoms with E-state index in [4.69, 9.17) is 5.73 Å². The molecule has 1 rings (SSSR count). The highest BCUT2D eigenvalue weighted by molar-refractivity contribution is 7.93. The van der Waals surface area contributed by atoms with Gasteiger partial charge in [0.2, 0.25) is 5.91 Å². The zero-order valence-corrected chi connectivity index (χ0v) is 9.96. The van der Waals surface area contributed by atoms with Crippen LogP contribution in [0.4, 0.5) is 0 Å². The summed E-state index contributed by atoms with van der Waals surface area (Å²) in [6, 6.07) is 0. The second-order valence-electron chi connectivity index (χ2n) is 4.01. The molecule has 1 aliphatic rings. The van der Waals surface area contributed by atoms with E-state index in [1.165, 1.54) is 4.90 Å². The number of rotatable bonds is 4. The molecule has 2 N–H and O–H groups in total. The number of nitrogens with two attached hydrogens (primary N) is 1. The van der Waals surface area contributed by atoms with Gasteiger partial charge >= 0.3 is 0 Å². The molecular weight excluding hydrogens is 216 g/mol. The number of carbonyl (C=O) groups is 1.